The van der Waals surface area contributed by atoms with Gasteiger partial charge in [-0.2, -0.15) is 0 Å². The molecule has 1 N–H and O–H groups in total. The summed E-state index contributed by atoms with van der Waals surface area (Å²) in [4.78, 5) is 20.9. The molecule has 0 unspecified atom stereocenters. The van der Waals surface area contributed by atoms with E-state index >= 15 is 0 Å². The Labute approximate surface area is 152 Å². The molecule has 0 spiro atoms. The lowest BCUT2D eigenvalue weighted by Crippen LogP contribution is -2.13. The van der Waals surface area contributed by atoms with Crippen LogP contribution in [-0.4, -0.2) is 22.9 Å². The summed E-state index contributed by atoms with van der Waals surface area (Å²) in [5.74, 6) is 1.65. The minimum atomic E-state index is 0.187. The summed E-state index contributed by atoms with van der Waals surface area (Å²) in [7, 11) is 1.65. The van der Waals surface area contributed by atoms with Crippen LogP contribution in [0.25, 0.3) is 11.3 Å². The molecule has 0 bridgehead atoms. The molecule has 0 amide bonds. The maximum atomic E-state index is 11.9. The number of Topliss-reactive ketones (excluding diaryl/α,β-unsaturated/α-hetero) is 1. The molecule has 3 aromatic rings. The quantitative estimate of drug-likeness (QED) is 0.758. The van der Waals surface area contributed by atoms with Gasteiger partial charge < -0.3 is 10.1 Å². The second kappa shape index (κ2) is 6.96. The smallest absolute Gasteiger partial charge is 0.164 e. The first-order valence-corrected chi connectivity index (χ1v) is 8.64. The molecule has 1 aliphatic carbocycles. The van der Waals surface area contributed by atoms with E-state index in [2.05, 4.69) is 15.3 Å². The number of anilines is 2. The predicted octanol–water partition coefficient (Wildman–Crippen LogP) is 4.41. The van der Waals surface area contributed by atoms with Crippen molar-refractivity contribution in [3.05, 3.63) is 66.0 Å². The summed E-state index contributed by atoms with van der Waals surface area (Å²) < 4.78 is 5.54. The van der Waals surface area contributed by atoms with E-state index < -0.39 is 0 Å². The van der Waals surface area contributed by atoms with Gasteiger partial charge in [0.15, 0.2) is 5.78 Å². The van der Waals surface area contributed by atoms with Crippen molar-refractivity contribution in [2.75, 3.05) is 12.4 Å². The summed E-state index contributed by atoms with van der Waals surface area (Å²) in [5, 5.41) is 3.30. The average molecular weight is 345 g/mol. The van der Waals surface area contributed by atoms with Crippen LogP contribution in [0.3, 0.4) is 0 Å². The molecule has 1 aliphatic rings. The van der Waals surface area contributed by atoms with Gasteiger partial charge in [0, 0.05) is 35.5 Å². The lowest BCUT2D eigenvalue weighted by Gasteiger charge is -2.16. The number of nitrogens with zero attached hydrogens (tertiary/aromatic N) is 2. The van der Waals surface area contributed by atoms with E-state index in [0.717, 1.165) is 52.6 Å². The molecule has 0 aliphatic heterocycles. The van der Waals surface area contributed by atoms with E-state index in [-0.39, 0.29) is 5.78 Å². The molecular weight excluding hydrogens is 326 g/mol. The van der Waals surface area contributed by atoms with E-state index in [0.29, 0.717) is 6.42 Å². The Balaban J connectivity index is 1.62. The molecule has 1 aromatic carbocycles. The maximum Gasteiger partial charge on any atom is 0.164 e. The van der Waals surface area contributed by atoms with E-state index in [1.54, 1.807) is 13.3 Å². The summed E-state index contributed by atoms with van der Waals surface area (Å²) >= 11 is 0. The largest absolute Gasteiger partial charge is 0.496 e. The van der Waals surface area contributed by atoms with Gasteiger partial charge in [0.05, 0.1) is 18.5 Å². The number of ether oxygens (including phenoxy) is 1. The third-order valence-corrected chi connectivity index (χ3v) is 4.51. The van der Waals surface area contributed by atoms with Crippen LogP contribution in [0.1, 0.15) is 28.9 Å². The zero-order valence-corrected chi connectivity index (χ0v) is 14.5. The molecule has 4 rings (SSSR count). The Morgan fingerprint density at radius 1 is 1.04 bits per heavy atom. The number of fused-ring (bicyclic) bond motifs is 1. The van der Waals surface area contributed by atoms with Crippen LogP contribution in [0.2, 0.25) is 0 Å². The lowest BCUT2D eigenvalue weighted by atomic mass is 9.95. The van der Waals surface area contributed by atoms with Crippen LogP contribution in [-0.2, 0) is 6.42 Å². The Bertz CT molecular complexity index is 955. The number of rotatable bonds is 4. The molecule has 26 heavy (non-hydrogen) atoms. The second-order valence-electron chi connectivity index (χ2n) is 6.22. The Hall–Kier alpha value is -3.21. The SMILES string of the molecule is COc1cc(Nc2ccc3c(n2)CCCC3=O)ccc1-c1ccccn1. The number of hydrogen-bond donors (Lipinski definition) is 1. The highest BCUT2D eigenvalue weighted by molar-refractivity contribution is 5.98. The molecule has 2 heterocycles. The maximum absolute atomic E-state index is 11.9. The highest BCUT2D eigenvalue weighted by atomic mass is 16.5. The number of benzene rings is 1. The fourth-order valence-electron chi connectivity index (χ4n) is 3.22. The van der Waals surface area contributed by atoms with E-state index in [1.807, 2.05) is 48.5 Å². The van der Waals surface area contributed by atoms with Gasteiger partial charge in [-0.1, -0.05) is 6.07 Å². The molecule has 0 radical (unpaired) electrons. The molecule has 2 aromatic heterocycles. The van der Waals surface area contributed by atoms with Crippen molar-refractivity contribution in [3.63, 3.8) is 0 Å². The van der Waals surface area contributed by atoms with Crippen molar-refractivity contribution >= 4 is 17.3 Å². The van der Waals surface area contributed by atoms with E-state index in [1.165, 1.54) is 0 Å². The minimum Gasteiger partial charge on any atom is -0.496 e. The normalized spacial score (nSPS) is 13.2. The summed E-state index contributed by atoms with van der Waals surface area (Å²) in [6.45, 7) is 0. The standard InChI is InChI=1S/C21H19N3O2/c1-26-20-13-14(8-9-16(20)17-5-2-3-12-22-17)23-21-11-10-15-18(24-21)6-4-7-19(15)25/h2-3,5,8-13H,4,6-7H2,1H3,(H,23,24). The predicted molar refractivity (Wildman–Crippen MR) is 101 cm³/mol. The number of aryl methyl sites for hydroxylation is 1. The van der Waals surface area contributed by atoms with Gasteiger partial charge in [-0.25, -0.2) is 4.98 Å². The highest BCUT2D eigenvalue weighted by Crippen LogP contribution is 2.32. The molecule has 0 fully saturated rings. The number of nitrogens with one attached hydrogen (secondary N) is 1. The Morgan fingerprint density at radius 3 is 2.73 bits per heavy atom. The van der Waals surface area contributed by atoms with Gasteiger partial charge >= 0.3 is 0 Å². The van der Waals surface area contributed by atoms with Crippen molar-refractivity contribution in [1.29, 1.82) is 0 Å². The van der Waals surface area contributed by atoms with Crippen LogP contribution in [0.5, 0.6) is 5.75 Å². The molecule has 0 atom stereocenters. The first kappa shape index (κ1) is 16.3. The zero-order chi connectivity index (χ0) is 17.9. The lowest BCUT2D eigenvalue weighted by molar-refractivity contribution is 0.0971. The van der Waals surface area contributed by atoms with Gasteiger partial charge in [0.2, 0.25) is 0 Å². The fraction of sp³-hybridized carbons (Fsp3) is 0.190. The minimum absolute atomic E-state index is 0.187. The summed E-state index contributed by atoms with van der Waals surface area (Å²) in [6, 6.07) is 15.4. The van der Waals surface area contributed by atoms with Crippen molar-refractivity contribution in [2.45, 2.75) is 19.3 Å². The number of methoxy groups -OCH3 is 1. The number of ketones is 1. The molecule has 130 valence electrons. The molecule has 0 saturated carbocycles. The summed E-state index contributed by atoms with van der Waals surface area (Å²) in [5.41, 5.74) is 4.30. The van der Waals surface area contributed by atoms with Gasteiger partial charge in [-0.05, 0) is 49.2 Å². The van der Waals surface area contributed by atoms with Crippen LogP contribution in [0, 0.1) is 0 Å². The summed E-state index contributed by atoms with van der Waals surface area (Å²) in [6.07, 6.45) is 4.10. The van der Waals surface area contributed by atoms with E-state index in [9.17, 15) is 4.79 Å². The number of hydrogen-bond acceptors (Lipinski definition) is 5. The third kappa shape index (κ3) is 3.16. The average Bonchev–Trinajstić information content (AvgIpc) is 2.69. The Morgan fingerprint density at radius 2 is 1.92 bits per heavy atom. The number of carbonyl (C=O) groups is 1. The van der Waals surface area contributed by atoms with Crippen LogP contribution in [0.15, 0.2) is 54.7 Å². The second-order valence-corrected chi connectivity index (χ2v) is 6.22. The Kier molecular flexibility index (Phi) is 4.35. The first-order chi connectivity index (χ1) is 12.7. The van der Waals surface area contributed by atoms with Crippen molar-refractivity contribution < 1.29 is 9.53 Å². The van der Waals surface area contributed by atoms with E-state index in [4.69, 9.17) is 4.74 Å². The fourth-order valence-corrected chi connectivity index (χ4v) is 3.22. The zero-order valence-electron chi connectivity index (χ0n) is 14.5. The van der Waals surface area contributed by atoms with Crippen molar-refractivity contribution in [2.24, 2.45) is 0 Å². The number of pyridine rings is 2. The highest BCUT2D eigenvalue weighted by Gasteiger charge is 2.18. The topological polar surface area (TPSA) is 64.1 Å². The first-order valence-electron chi connectivity index (χ1n) is 8.64. The molecule has 0 saturated heterocycles. The van der Waals surface area contributed by atoms with Crippen LogP contribution >= 0.6 is 0 Å². The van der Waals surface area contributed by atoms with Crippen molar-refractivity contribution in [1.82, 2.24) is 9.97 Å². The van der Waals surface area contributed by atoms with Gasteiger partial charge in [-0.3, -0.25) is 9.78 Å². The van der Waals surface area contributed by atoms with Gasteiger partial charge in [0.1, 0.15) is 11.6 Å². The van der Waals surface area contributed by atoms with Crippen LogP contribution in [0.4, 0.5) is 11.5 Å². The third-order valence-electron chi connectivity index (χ3n) is 4.51. The molecular formula is C21H19N3O2. The molecule has 5 nitrogen and oxygen atoms in total. The van der Waals surface area contributed by atoms with Gasteiger partial charge in [-0.15, -0.1) is 0 Å². The molecule has 5 heteroatoms. The van der Waals surface area contributed by atoms with Crippen molar-refractivity contribution in [3.8, 4) is 17.0 Å². The van der Waals surface area contributed by atoms with Gasteiger partial charge in [0.25, 0.3) is 0 Å². The monoisotopic (exact) mass is 345 g/mol. The number of carbonyl (C=O) groups excluding carboxylic acids is 1. The van der Waals surface area contributed by atoms with Crippen LogP contribution < -0.4 is 10.1 Å². The number of aromatic nitrogens is 2.